The van der Waals surface area contributed by atoms with Gasteiger partial charge in [-0.05, 0) is 30.5 Å². The van der Waals surface area contributed by atoms with Crippen LogP contribution in [0.5, 0.6) is 11.5 Å². The van der Waals surface area contributed by atoms with E-state index < -0.39 is 5.91 Å². The summed E-state index contributed by atoms with van der Waals surface area (Å²) in [4.78, 5) is 22.7. The van der Waals surface area contributed by atoms with Gasteiger partial charge in [0.15, 0.2) is 18.1 Å². The summed E-state index contributed by atoms with van der Waals surface area (Å²) >= 11 is 0. The second-order valence-electron chi connectivity index (χ2n) is 5.90. The Morgan fingerprint density at radius 1 is 1.21 bits per heavy atom. The highest BCUT2D eigenvalue weighted by atomic mass is 16.5. The number of amides is 3. The number of nitrogens with one attached hydrogen (secondary N) is 2. The van der Waals surface area contributed by atoms with Gasteiger partial charge < -0.3 is 25.8 Å². The van der Waals surface area contributed by atoms with Crippen molar-refractivity contribution in [1.82, 2.24) is 10.6 Å². The van der Waals surface area contributed by atoms with Crippen molar-refractivity contribution in [1.29, 1.82) is 0 Å². The van der Waals surface area contributed by atoms with Crippen LogP contribution >= 0.6 is 0 Å². The van der Waals surface area contributed by atoms with E-state index in [2.05, 4.69) is 10.6 Å². The molecular weight excluding hydrogens is 310 g/mol. The van der Waals surface area contributed by atoms with Gasteiger partial charge in [-0.2, -0.15) is 0 Å². The summed E-state index contributed by atoms with van der Waals surface area (Å²) in [5.74, 6) is 0.372. The lowest BCUT2D eigenvalue weighted by Crippen LogP contribution is -2.42. The Bertz CT molecular complexity index is 571. The van der Waals surface area contributed by atoms with Crippen LogP contribution in [0.2, 0.25) is 0 Å². The lowest BCUT2D eigenvalue weighted by Gasteiger charge is -2.22. The van der Waals surface area contributed by atoms with E-state index in [4.69, 9.17) is 15.2 Å². The second-order valence-corrected chi connectivity index (χ2v) is 5.90. The van der Waals surface area contributed by atoms with Gasteiger partial charge in [0.05, 0.1) is 7.11 Å². The Balaban J connectivity index is 1.85. The monoisotopic (exact) mass is 335 g/mol. The van der Waals surface area contributed by atoms with E-state index in [0.29, 0.717) is 18.0 Å². The molecule has 0 bridgehead atoms. The Hall–Kier alpha value is -2.44. The first-order valence-electron chi connectivity index (χ1n) is 8.21. The Morgan fingerprint density at radius 3 is 2.62 bits per heavy atom. The minimum absolute atomic E-state index is 0.157. The molecule has 0 radical (unpaired) electrons. The predicted octanol–water partition coefficient (Wildman–Crippen LogP) is 1.69. The van der Waals surface area contributed by atoms with Crippen LogP contribution in [0.25, 0.3) is 0 Å². The Morgan fingerprint density at radius 2 is 1.96 bits per heavy atom. The van der Waals surface area contributed by atoms with Crippen molar-refractivity contribution in [3.05, 3.63) is 23.8 Å². The maximum Gasteiger partial charge on any atom is 0.315 e. The van der Waals surface area contributed by atoms with E-state index in [1.54, 1.807) is 18.2 Å². The summed E-state index contributed by atoms with van der Waals surface area (Å²) in [5, 5.41) is 5.85. The third-order valence-electron chi connectivity index (χ3n) is 3.99. The van der Waals surface area contributed by atoms with Crippen LogP contribution in [-0.2, 0) is 11.3 Å². The molecule has 1 saturated carbocycles. The molecule has 1 fully saturated rings. The minimum atomic E-state index is -0.554. The zero-order valence-corrected chi connectivity index (χ0v) is 14.0. The highest BCUT2D eigenvalue weighted by Gasteiger charge is 2.15. The van der Waals surface area contributed by atoms with Crippen molar-refractivity contribution in [3.63, 3.8) is 0 Å². The number of hydrogen-bond acceptors (Lipinski definition) is 4. The molecule has 0 aromatic heterocycles. The van der Waals surface area contributed by atoms with Gasteiger partial charge in [0.1, 0.15) is 0 Å². The largest absolute Gasteiger partial charge is 0.493 e. The van der Waals surface area contributed by atoms with Gasteiger partial charge in [-0.25, -0.2) is 4.79 Å². The van der Waals surface area contributed by atoms with Crippen molar-refractivity contribution in [2.45, 2.75) is 44.7 Å². The molecule has 24 heavy (non-hydrogen) atoms. The molecule has 1 aromatic carbocycles. The summed E-state index contributed by atoms with van der Waals surface area (Å²) in [7, 11) is 1.51. The molecule has 3 amide bonds. The molecule has 0 atom stereocenters. The zero-order chi connectivity index (χ0) is 17.4. The van der Waals surface area contributed by atoms with E-state index in [9.17, 15) is 9.59 Å². The van der Waals surface area contributed by atoms with Crippen LogP contribution in [0.3, 0.4) is 0 Å². The van der Waals surface area contributed by atoms with Crippen LogP contribution in [0, 0.1) is 0 Å². The molecule has 1 aliphatic rings. The van der Waals surface area contributed by atoms with E-state index >= 15 is 0 Å². The number of rotatable bonds is 7. The number of ether oxygens (including phenoxy) is 2. The summed E-state index contributed by atoms with van der Waals surface area (Å²) in [5.41, 5.74) is 5.93. The number of primary amides is 1. The molecule has 0 spiro atoms. The highest BCUT2D eigenvalue weighted by molar-refractivity contribution is 5.75. The van der Waals surface area contributed by atoms with Crippen LogP contribution in [0.1, 0.15) is 37.7 Å². The summed E-state index contributed by atoms with van der Waals surface area (Å²) < 4.78 is 10.5. The average molecular weight is 335 g/mol. The van der Waals surface area contributed by atoms with Crippen molar-refractivity contribution < 1.29 is 19.1 Å². The summed E-state index contributed by atoms with van der Waals surface area (Å²) in [6.07, 6.45) is 5.70. The third kappa shape index (κ3) is 5.64. The molecule has 0 aliphatic heterocycles. The number of benzene rings is 1. The van der Waals surface area contributed by atoms with Gasteiger partial charge >= 0.3 is 6.03 Å². The van der Waals surface area contributed by atoms with Crippen molar-refractivity contribution in [3.8, 4) is 11.5 Å². The van der Waals surface area contributed by atoms with E-state index in [0.717, 1.165) is 18.4 Å². The zero-order valence-electron chi connectivity index (χ0n) is 14.0. The van der Waals surface area contributed by atoms with Crippen LogP contribution in [0.15, 0.2) is 18.2 Å². The first-order valence-corrected chi connectivity index (χ1v) is 8.21. The predicted molar refractivity (Wildman–Crippen MR) is 89.9 cm³/mol. The normalized spacial score (nSPS) is 14.7. The first kappa shape index (κ1) is 17.9. The van der Waals surface area contributed by atoms with Gasteiger partial charge in [-0.15, -0.1) is 0 Å². The molecule has 0 saturated heterocycles. The molecule has 132 valence electrons. The van der Waals surface area contributed by atoms with Gasteiger partial charge in [0.2, 0.25) is 0 Å². The number of hydrogen-bond donors (Lipinski definition) is 3. The molecule has 0 heterocycles. The molecule has 7 heteroatoms. The maximum atomic E-state index is 12.0. The Labute approximate surface area is 141 Å². The topological polar surface area (TPSA) is 103 Å². The smallest absolute Gasteiger partial charge is 0.315 e. The van der Waals surface area contributed by atoms with Gasteiger partial charge in [0.25, 0.3) is 5.91 Å². The van der Waals surface area contributed by atoms with Gasteiger partial charge in [0, 0.05) is 12.6 Å². The van der Waals surface area contributed by atoms with Crippen molar-refractivity contribution in [2.75, 3.05) is 13.7 Å². The average Bonchev–Trinajstić information content (AvgIpc) is 2.59. The highest BCUT2D eigenvalue weighted by Crippen LogP contribution is 2.28. The number of urea groups is 1. The molecule has 0 unspecified atom stereocenters. The van der Waals surface area contributed by atoms with Gasteiger partial charge in [-0.3, -0.25) is 4.79 Å². The van der Waals surface area contributed by atoms with E-state index in [-0.39, 0.29) is 18.7 Å². The van der Waals surface area contributed by atoms with E-state index in [1.807, 2.05) is 0 Å². The number of carbonyl (C=O) groups excluding carboxylic acids is 2. The van der Waals surface area contributed by atoms with Crippen LogP contribution in [-0.4, -0.2) is 31.7 Å². The molecular formula is C17H25N3O4. The van der Waals surface area contributed by atoms with Crippen LogP contribution in [0.4, 0.5) is 4.79 Å². The van der Waals surface area contributed by atoms with Crippen molar-refractivity contribution >= 4 is 11.9 Å². The van der Waals surface area contributed by atoms with E-state index in [1.165, 1.54) is 26.4 Å². The molecule has 7 nitrogen and oxygen atoms in total. The molecule has 4 N–H and O–H groups in total. The van der Waals surface area contributed by atoms with Crippen LogP contribution < -0.4 is 25.8 Å². The Kier molecular flexibility index (Phi) is 6.72. The lowest BCUT2D eigenvalue weighted by atomic mass is 9.96. The fourth-order valence-corrected chi connectivity index (χ4v) is 2.76. The molecule has 1 aromatic rings. The number of carbonyl (C=O) groups is 2. The summed E-state index contributed by atoms with van der Waals surface area (Å²) in [6.45, 7) is 0.169. The maximum absolute atomic E-state index is 12.0. The second kappa shape index (κ2) is 9.00. The molecule has 2 rings (SSSR count). The fraction of sp³-hybridized carbons (Fsp3) is 0.529. The first-order chi connectivity index (χ1) is 11.6. The minimum Gasteiger partial charge on any atom is -0.493 e. The summed E-state index contributed by atoms with van der Waals surface area (Å²) in [6, 6.07) is 5.38. The fourth-order valence-electron chi connectivity index (χ4n) is 2.76. The lowest BCUT2D eigenvalue weighted by molar-refractivity contribution is -0.119. The standard InChI is InChI=1S/C17H25N3O4/c1-23-15-9-12(7-8-14(15)24-11-16(18)21)10-19-17(22)20-13-5-3-2-4-6-13/h7-9,13H,2-6,10-11H2,1H3,(H2,18,21)(H2,19,20,22). The van der Waals surface area contributed by atoms with Crippen molar-refractivity contribution in [2.24, 2.45) is 5.73 Å². The number of methoxy groups -OCH3 is 1. The number of nitrogens with two attached hydrogens (primary N) is 1. The quantitative estimate of drug-likeness (QED) is 0.705. The SMILES string of the molecule is COc1cc(CNC(=O)NC2CCCCC2)ccc1OCC(N)=O. The molecule has 1 aliphatic carbocycles. The van der Waals surface area contributed by atoms with Gasteiger partial charge in [-0.1, -0.05) is 25.3 Å². The third-order valence-corrected chi connectivity index (χ3v) is 3.99.